The van der Waals surface area contributed by atoms with Gasteiger partial charge in [-0.05, 0) is 12.8 Å². The first kappa shape index (κ1) is 11.5. The van der Waals surface area contributed by atoms with Crippen LogP contribution in [-0.4, -0.2) is 31.8 Å². The summed E-state index contributed by atoms with van der Waals surface area (Å²) in [4.78, 5) is 4.07. The molecule has 1 saturated heterocycles. The van der Waals surface area contributed by atoms with Gasteiger partial charge in [0.15, 0.2) is 5.96 Å². The second-order valence-electron chi connectivity index (χ2n) is 3.23. The highest BCUT2D eigenvalue weighted by atomic mass is 79.9. The van der Waals surface area contributed by atoms with E-state index in [0.717, 1.165) is 30.5 Å². The lowest BCUT2D eigenvalue weighted by Gasteiger charge is -2.10. The summed E-state index contributed by atoms with van der Waals surface area (Å²) < 4.78 is 6.25. The summed E-state index contributed by atoms with van der Waals surface area (Å²) in [5.41, 5.74) is 5.62. The van der Waals surface area contributed by atoms with Gasteiger partial charge in [0, 0.05) is 17.6 Å². The highest BCUT2D eigenvalue weighted by Crippen LogP contribution is 2.10. The van der Waals surface area contributed by atoms with E-state index in [1.165, 1.54) is 0 Å². The van der Waals surface area contributed by atoms with Gasteiger partial charge >= 0.3 is 0 Å². The maximum absolute atomic E-state index is 5.62. The molecule has 1 atom stereocenters. The van der Waals surface area contributed by atoms with E-state index in [4.69, 9.17) is 10.5 Å². The smallest absolute Gasteiger partial charge is 0.189 e. The number of guanidine groups is 1. The first-order valence-corrected chi connectivity index (χ1v) is 5.46. The molecule has 1 heterocycles. The van der Waals surface area contributed by atoms with Crippen LogP contribution >= 0.6 is 15.9 Å². The van der Waals surface area contributed by atoms with E-state index >= 15 is 0 Å². The van der Waals surface area contributed by atoms with Gasteiger partial charge in [-0.25, -0.2) is 4.99 Å². The van der Waals surface area contributed by atoms with E-state index in [0.29, 0.717) is 12.5 Å². The molecule has 4 nitrogen and oxygen atoms in total. The minimum atomic E-state index is 0.288. The molecule has 0 aliphatic carbocycles. The third-order valence-corrected chi connectivity index (χ3v) is 2.21. The van der Waals surface area contributed by atoms with Crippen LogP contribution in [0.4, 0.5) is 0 Å². The molecule has 0 aromatic carbocycles. The van der Waals surface area contributed by atoms with Gasteiger partial charge in [0.25, 0.3) is 0 Å². The first-order chi connectivity index (χ1) is 6.68. The Morgan fingerprint density at radius 2 is 2.50 bits per heavy atom. The van der Waals surface area contributed by atoms with Crippen molar-refractivity contribution in [3.8, 4) is 0 Å². The number of nitrogens with two attached hydrogens (primary N) is 1. The van der Waals surface area contributed by atoms with Crippen molar-refractivity contribution in [2.24, 2.45) is 10.7 Å². The molecule has 1 aliphatic heterocycles. The topological polar surface area (TPSA) is 59.6 Å². The Hall–Kier alpha value is -0.550. The fourth-order valence-electron chi connectivity index (χ4n) is 1.25. The normalized spacial score (nSPS) is 22.4. The summed E-state index contributed by atoms with van der Waals surface area (Å²) >= 11 is 3.21. The van der Waals surface area contributed by atoms with Gasteiger partial charge in [0.05, 0.1) is 12.6 Å². The molecule has 0 aromatic rings. The lowest BCUT2D eigenvalue weighted by molar-refractivity contribution is 0.114. The van der Waals surface area contributed by atoms with Gasteiger partial charge in [0.2, 0.25) is 0 Å². The average molecular weight is 262 g/mol. The summed E-state index contributed by atoms with van der Waals surface area (Å²) in [6.07, 6.45) is 2.53. The largest absolute Gasteiger partial charge is 0.376 e. The van der Waals surface area contributed by atoms with Crippen LogP contribution in [0, 0.1) is 0 Å². The zero-order chi connectivity index (χ0) is 10.4. The number of hydrogen-bond acceptors (Lipinski definition) is 2. The van der Waals surface area contributed by atoms with E-state index < -0.39 is 0 Å². The van der Waals surface area contributed by atoms with Crippen LogP contribution in [0.25, 0.3) is 0 Å². The molecule has 0 aromatic heterocycles. The molecule has 80 valence electrons. The Balaban J connectivity index is 2.16. The van der Waals surface area contributed by atoms with Crippen LogP contribution in [0.1, 0.15) is 12.8 Å². The molecule has 1 fully saturated rings. The standard InChI is InChI=1S/C9H16BrN3O/c1-7(10)5-12-9(11)13-6-8-3-2-4-14-8/h8H,1-6H2,(H3,11,12,13). The molecule has 0 radical (unpaired) electrons. The van der Waals surface area contributed by atoms with Crippen LogP contribution in [0.3, 0.4) is 0 Å². The predicted molar refractivity (Wildman–Crippen MR) is 61.5 cm³/mol. The molecule has 5 heteroatoms. The number of hydrogen-bond donors (Lipinski definition) is 2. The summed E-state index contributed by atoms with van der Waals surface area (Å²) in [5, 5.41) is 3.02. The van der Waals surface area contributed by atoms with Gasteiger partial charge in [-0.2, -0.15) is 0 Å². The Bertz CT molecular complexity index is 224. The summed E-state index contributed by atoms with van der Waals surface area (Å²) in [6, 6.07) is 0. The number of nitrogens with zero attached hydrogens (tertiary/aromatic N) is 1. The van der Waals surface area contributed by atoms with Crippen LogP contribution in [0.5, 0.6) is 0 Å². The fraction of sp³-hybridized carbons (Fsp3) is 0.667. The molecule has 3 N–H and O–H groups in total. The summed E-state index contributed by atoms with van der Waals surface area (Å²) in [5.74, 6) is 0.445. The second kappa shape index (κ2) is 6.03. The van der Waals surface area contributed by atoms with Crippen molar-refractivity contribution in [3.05, 3.63) is 11.1 Å². The third kappa shape index (κ3) is 4.62. The van der Waals surface area contributed by atoms with Gasteiger partial charge in [-0.3, -0.25) is 0 Å². The van der Waals surface area contributed by atoms with Crippen LogP contribution < -0.4 is 11.1 Å². The average Bonchev–Trinajstić information content (AvgIpc) is 2.63. The monoisotopic (exact) mass is 261 g/mol. The Morgan fingerprint density at radius 1 is 1.71 bits per heavy atom. The SMILES string of the molecule is C=C(Br)CN=C(N)NCC1CCCO1. The molecule has 0 bridgehead atoms. The van der Waals surface area contributed by atoms with Crippen LogP contribution in [0.15, 0.2) is 16.1 Å². The molecule has 0 amide bonds. The van der Waals surface area contributed by atoms with Crippen LogP contribution in [0.2, 0.25) is 0 Å². The Labute approximate surface area is 92.7 Å². The van der Waals surface area contributed by atoms with E-state index in [1.807, 2.05) is 0 Å². The number of rotatable bonds is 4. The minimum absolute atomic E-state index is 0.288. The number of aliphatic imine (C=N–C) groups is 1. The van der Waals surface area contributed by atoms with Crippen molar-refractivity contribution < 1.29 is 4.74 Å². The Kier molecular flexibility index (Phi) is 4.97. The van der Waals surface area contributed by atoms with Crippen molar-refractivity contribution in [2.75, 3.05) is 19.7 Å². The number of ether oxygens (including phenoxy) is 1. The highest BCUT2D eigenvalue weighted by Gasteiger charge is 2.14. The van der Waals surface area contributed by atoms with E-state index in [1.54, 1.807) is 0 Å². The molecular formula is C9H16BrN3O. The molecular weight excluding hydrogens is 246 g/mol. The Morgan fingerprint density at radius 3 is 3.07 bits per heavy atom. The molecule has 0 saturated carbocycles. The molecule has 1 unspecified atom stereocenters. The van der Waals surface area contributed by atoms with E-state index in [9.17, 15) is 0 Å². The molecule has 0 spiro atoms. The summed E-state index contributed by atoms with van der Waals surface area (Å²) in [6.45, 7) is 5.77. The van der Waals surface area contributed by atoms with Crippen molar-refractivity contribution in [3.63, 3.8) is 0 Å². The van der Waals surface area contributed by atoms with Gasteiger partial charge in [0.1, 0.15) is 0 Å². The molecule has 1 aliphatic rings. The second-order valence-corrected chi connectivity index (χ2v) is 4.36. The van der Waals surface area contributed by atoms with Crippen molar-refractivity contribution in [1.82, 2.24) is 5.32 Å². The zero-order valence-electron chi connectivity index (χ0n) is 8.13. The maximum Gasteiger partial charge on any atom is 0.189 e. The minimum Gasteiger partial charge on any atom is -0.376 e. The van der Waals surface area contributed by atoms with Crippen molar-refractivity contribution >= 4 is 21.9 Å². The first-order valence-electron chi connectivity index (χ1n) is 4.67. The fourth-order valence-corrected chi connectivity index (χ4v) is 1.38. The summed E-state index contributed by atoms with van der Waals surface area (Å²) in [7, 11) is 0. The van der Waals surface area contributed by atoms with Crippen LogP contribution in [-0.2, 0) is 4.74 Å². The lowest BCUT2D eigenvalue weighted by atomic mass is 10.2. The number of nitrogens with one attached hydrogen (secondary N) is 1. The zero-order valence-corrected chi connectivity index (χ0v) is 9.72. The molecule has 14 heavy (non-hydrogen) atoms. The maximum atomic E-state index is 5.62. The van der Waals surface area contributed by atoms with E-state index in [2.05, 4.69) is 32.8 Å². The lowest BCUT2D eigenvalue weighted by Crippen LogP contribution is -2.37. The van der Waals surface area contributed by atoms with Gasteiger partial charge < -0.3 is 15.8 Å². The highest BCUT2D eigenvalue weighted by molar-refractivity contribution is 9.11. The third-order valence-electron chi connectivity index (χ3n) is 1.96. The van der Waals surface area contributed by atoms with Crippen molar-refractivity contribution in [1.29, 1.82) is 0 Å². The van der Waals surface area contributed by atoms with E-state index in [-0.39, 0.29) is 6.10 Å². The predicted octanol–water partition coefficient (Wildman–Crippen LogP) is 0.978. The molecule has 1 rings (SSSR count). The van der Waals surface area contributed by atoms with Crippen molar-refractivity contribution in [2.45, 2.75) is 18.9 Å². The van der Waals surface area contributed by atoms with Gasteiger partial charge in [-0.1, -0.05) is 22.5 Å². The quantitative estimate of drug-likeness (QED) is 0.586. The van der Waals surface area contributed by atoms with Gasteiger partial charge in [-0.15, -0.1) is 0 Å². The number of halogens is 1.